The summed E-state index contributed by atoms with van der Waals surface area (Å²) in [5.41, 5.74) is 1.20. The van der Waals surface area contributed by atoms with Gasteiger partial charge >= 0.3 is 5.97 Å². The third kappa shape index (κ3) is 3.76. The summed E-state index contributed by atoms with van der Waals surface area (Å²) < 4.78 is 0. The van der Waals surface area contributed by atoms with E-state index >= 15 is 0 Å². The van der Waals surface area contributed by atoms with Gasteiger partial charge in [0.05, 0.1) is 12.6 Å². The Bertz CT molecular complexity index is 424. The Morgan fingerprint density at radius 2 is 2.05 bits per heavy atom. The van der Waals surface area contributed by atoms with E-state index in [2.05, 4.69) is 17.0 Å². The van der Waals surface area contributed by atoms with Gasteiger partial charge in [-0.2, -0.15) is 0 Å². The van der Waals surface area contributed by atoms with E-state index in [1.807, 2.05) is 18.2 Å². The van der Waals surface area contributed by atoms with Gasteiger partial charge in [0, 0.05) is 25.7 Å². The zero-order valence-electron chi connectivity index (χ0n) is 11.1. The number of β-amino-alcohol motifs (C(OH)–C–C–N with tert-alkyl or cyclic N) is 1. The molecule has 0 aliphatic carbocycles. The van der Waals surface area contributed by atoms with Crippen LogP contribution in [0.3, 0.4) is 0 Å². The standard InChI is InChI=1S/C14H20N2O3/c1-15(10-14(18)19)12-8-16(9-13(12)17)7-11-5-3-2-4-6-11/h2-6,12-13,17H,7-10H2,1H3,(H,18,19)/t12-,13-/m1/s1. The number of benzene rings is 1. The Balaban J connectivity index is 1.92. The largest absolute Gasteiger partial charge is 0.480 e. The summed E-state index contributed by atoms with van der Waals surface area (Å²) in [5, 5.41) is 18.8. The molecule has 1 fully saturated rings. The average Bonchev–Trinajstić information content (AvgIpc) is 2.70. The van der Waals surface area contributed by atoms with Gasteiger partial charge in [0.2, 0.25) is 0 Å². The Hall–Kier alpha value is -1.43. The molecule has 0 radical (unpaired) electrons. The molecule has 104 valence electrons. The monoisotopic (exact) mass is 264 g/mol. The second kappa shape index (κ2) is 6.14. The number of aliphatic carboxylic acids is 1. The SMILES string of the molecule is CN(CC(=O)O)[C@@H]1CN(Cc2ccccc2)C[C@H]1O. The molecule has 5 heteroatoms. The van der Waals surface area contributed by atoms with Crippen LogP contribution >= 0.6 is 0 Å². The molecule has 0 saturated carbocycles. The number of carboxylic acid groups (broad SMARTS) is 1. The van der Waals surface area contributed by atoms with E-state index in [0.29, 0.717) is 13.1 Å². The van der Waals surface area contributed by atoms with Crippen LogP contribution < -0.4 is 0 Å². The van der Waals surface area contributed by atoms with E-state index in [4.69, 9.17) is 5.11 Å². The van der Waals surface area contributed by atoms with Crippen LogP contribution in [0.25, 0.3) is 0 Å². The smallest absolute Gasteiger partial charge is 0.317 e. The summed E-state index contributed by atoms with van der Waals surface area (Å²) in [7, 11) is 1.74. The first-order valence-electron chi connectivity index (χ1n) is 6.42. The number of hydrogen-bond donors (Lipinski definition) is 2. The highest BCUT2D eigenvalue weighted by atomic mass is 16.4. The van der Waals surface area contributed by atoms with Crippen molar-refractivity contribution in [2.45, 2.75) is 18.7 Å². The number of aliphatic hydroxyl groups excluding tert-OH is 1. The molecule has 1 aromatic carbocycles. The first-order chi connectivity index (χ1) is 9.06. The Morgan fingerprint density at radius 1 is 1.37 bits per heavy atom. The molecular formula is C14H20N2O3. The summed E-state index contributed by atoms with van der Waals surface area (Å²) in [6.07, 6.45) is -0.493. The number of carboxylic acids is 1. The minimum atomic E-state index is -0.865. The predicted octanol–water partition coefficient (Wildman–Crippen LogP) is 0.248. The summed E-state index contributed by atoms with van der Waals surface area (Å²) in [4.78, 5) is 14.6. The lowest BCUT2D eigenvalue weighted by molar-refractivity contribution is -0.138. The molecule has 0 unspecified atom stereocenters. The van der Waals surface area contributed by atoms with Gasteiger partial charge in [0.1, 0.15) is 0 Å². The molecule has 0 aromatic heterocycles. The van der Waals surface area contributed by atoms with Crippen molar-refractivity contribution in [3.05, 3.63) is 35.9 Å². The van der Waals surface area contributed by atoms with Crippen LogP contribution in [0.4, 0.5) is 0 Å². The first kappa shape index (κ1) is 14.0. The number of likely N-dealkylation sites (N-methyl/N-ethyl adjacent to an activating group) is 1. The number of nitrogens with zero attached hydrogens (tertiary/aromatic N) is 2. The Kier molecular flexibility index (Phi) is 4.52. The number of carbonyl (C=O) groups is 1. The van der Waals surface area contributed by atoms with E-state index in [0.717, 1.165) is 6.54 Å². The summed E-state index contributed by atoms with van der Waals surface area (Å²) in [5.74, 6) is -0.865. The van der Waals surface area contributed by atoms with Gasteiger partial charge in [0.15, 0.2) is 0 Å². The van der Waals surface area contributed by atoms with E-state index in [9.17, 15) is 9.90 Å². The highest BCUT2D eigenvalue weighted by Crippen LogP contribution is 2.17. The molecule has 2 atom stereocenters. The maximum absolute atomic E-state index is 10.7. The lowest BCUT2D eigenvalue weighted by Gasteiger charge is -2.24. The fourth-order valence-corrected chi connectivity index (χ4v) is 2.58. The van der Waals surface area contributed by atoms with Crippen LogP contribution in [-0.4, -0.2) is 64.8 Å². The van der Waals surface area contributed by atoms with E-state index in [1.165, 1.54) is 5.56 Å². The third-order valence-corrected chi connectivity index (χ3v) is 3.53. The topological polar surface area (TPSA) is 64.0 Å². The zero-order chi connectivity index (χ0) is 13.8. The molecule has 2 N–H and O–H groups in total. The van der Waals surface area contributed by atoms with Crippen LogP contribution in [0.15, 0.2) is 30.3 Å². The third-order valence-electron chi connectivity index (χ3n) is 3.53. The van der Waals surface area contributed by atoms with Crippen molar-refractivity contribution in [1.29, 1.82) is 0 Å². The maximum Gasteiger partial charge on any atom is 0.317 e. The predicted molar refractivity (Wildman–Crippen MR) is 71.8 cm³/mol. The van der Waals surface area contributed by atoms with Crippen LogP contribution in [-0.2, 0) is 11.3 Å². The number of rotatable bonds is 5. The van der Waals surface area contributed by atoms with Crippen molar-refractivity contribution in [2.75, 3.05) is 26.7 Å². The van der Waals surface area contributed by atoms with Gasteiger partial charge in [-0.25, -0.2) is 0 Å². The zero-order valence-corrected chi connectivity index (χ0v) is 11.1. The van der Waals surface area contributed by atoms with Crippen molar-refractivity contribution in [3.8, 4) is 0 Å². The fourth-order valence-electron chi connectivity index (χ4n) is 2.58. The molecule has 2 rings (SSSR count). The fraction of sp³-hybridized carbons (Fsp3) is 0.500. The highest BCUT2D eigenvalue weighted by molar-refractivity contribution is 5.69. The number of likely N-dealkylation sites (tertiary alicyclic amines) is 1. The van der Waals surface area contributed by atoms with Crippen LogP contribution in [0.2, 0.25) is 0 Å². The molecule has 0 spiro atoms. The summed E-state index contributed by atoms with van der Waals surface area (Å²) in [6, 6.07) is 9.97. The highest BCUT2D eigenvalue weighted by Gasteiger charge is 2.34. The normalized spacial score (nSPS) is 23.9. The molecule has 1 aromatic rings. The molecule has 0 bridgehead atoms. The van der Waals surface area contributed by atoms with Crippen LogP contribution in [0, 0.1) is 0 Å². The molecule has 1 aliphatic heterocycles. The van der Waals surface area contributed by atoms with Gasteiger partial charge in [-0.1, -0.05) is 30.3 Å². The van der Waals surface area contributed by atoms with Crippen molar-refractivity contribution >= 4 is 5.97 Å². The number of hydrogen-bond acceptors (Lipinski definition) is 4. The minimum Gasteiger partial charge on any atom is -0.480 e. The second-order valence-corrected chi connectivity index (χ2v) is 5.12. The molecule has 19 heavy (non-hydrogen) atoms. The van der Waals surface area contributed by atoms with Crippen molar-refractivity contribution in [2.24, 2.45) is 0 Å². The van der Waals surface area contributed by atoms with Crippen molar-refractivity contribution in [1.82, 2.24) is 9.80 Å². The average molecular weight is 264 g/mol. The Labute approximate surface area is 113 Å². The lowest BCUT2D eigenvalue weighted by atomic mass is 10.2. The molecule has 1 aliphatic rings. The maximum atomic E-state index is 10.7. The molecule has 5 nitrogen and oxygen atoms in total. The second-order valence-electron chi connectivity index (χ2n) is 5.12. The van der Waals surface area contributed by atoms with Crippen molar-refractivity contribution in [3.63, 3.8) is 0 Å². The van der Waals surface area contributed by atoms with E-state index < -0.39 is 12.1 Å². The molecular weight excluding hydrogens is 244 g/mol. The number of aliphatic hydroxyl groups is 1. The molecule has 1 saturated heterocycles. The van der Waals surface area contributed by atoms with Gasteiger partial charge in [0.25, 0.3) is 0 Å². The quantitative estimate of drug-likeness (QED) is 0.798. The van der Waals surface area contributed by atoms with Crippen LogP contribution in [0.5, 0.6) is 0 Å². The van der Waals surface area contributed by atoms with Gasteiger partial charge in [-0.05, 0) is 12.6 Å². The minimum absolute atomic E-state index is 0.0408. The summed E-state index contributed by atoms with van der Waals surface area (Å²) in [6.45, 7) is 2.03. The van der Waals surface area contributed by atoms with Gasteiger partial charge in [-0.15, -0.1) is 0 Å². The molecule has 1 heterocycles. The first-order valence-corrected chi connectivity index (χ1v) is 6.42. The Morgan fingerprint density at radius 3 is 2.68 bits per heavy atom. The van der Waals surface area contributed by atoms with E-state index in [1.54, 1.807) is 11.9 Å². The van der Waals surface area contributed by atoms with Crippen LogP contribution in [0.1, 0.15) is 5.56 Å². The van der Waals surface area contributed by atoms with Crippen molar-refractivity contribution < 1.29 is 15.0 Å². The lowest BCUT2D eigenvalue weighted by Crippen LogP contribution is -2.43. The molecule has 0 amide bonds. The van der Waals surface area contributed by atoms with Gasteiger partial charge in [-0.3, -0.25) is 14.6 Å². The summed E-state index contributed by atoms with van der Waals surface area (Å²) >= 11 is 0. The van der Waals surface area contributed by atoms with Gasteiger partial charge < -0.3 is 10.2 Å². The van der Waals surface area contributed by atoms with E-state index in [-0.39, 0.29) is 12.6 Å².